The predicted molar refractivity (Wildman–Crippen MR) is 68.2 cm³/mol. The summed E-state index contributed by atoms with van der Waals surface area (Å²) in [5.74, 6) is -0.419. The maximum Gasteiger partial charge on any atom is 0.148 e. The van der Waals surface area contributed by atoms with Gasteiger partial charge >= 0.3 is 0 Å². The topological polar surface area (TPSA) is 38.0 Å². The van der Waals surface area contributed by atoms with Gasteiger partial charge in [-0.15, -0.1) is 0 Å². The normalized spacial score (nSPS) is 10.1. The summed E-state index contributed by atoms with van der Waals surface area (Å²) < 4.78 is 14.1. The molecule has 0 spiro atoms. The van der Waals surface area contributed by atoms with Gasteiger partial charge in [0.15, 0.2) is 0 Å². The molecular weight excluding hydrogens is 271 g/mol. The minimum Gasteiger partial charge on any atom is -0.395 e. The molecule has 0 saturated carbocycles. The van der Waals surface area contributed by atoms with Gasteiger partial charge in [-0.3, -0.25) is 0 Å². The number of halogens is 2. The maximum absolute atomic E-state index is 13.2. The van der Waals surface area contributed by atoms with Crippen LogP contribution in [0.3, 0.4) is 0 Å². The van der Waals surface area contributed by atoms with Crippen LogP contribution in [0.15, 0.2) is 46.9 Å². The van der Waals surface area contributed by atoms with E-state index in [1.807, 2.05) is 24.3 Å². The lowest BCUT2D eigenvalue weighted by atomic mass is 10.2. The van der Waals surface area contributed by atoms with Crippen molar-refractivity contribution in [2.24, 2.45) is 0 Å². The lowest BCUT2D eigenvalue weighted by molar-refractivity contribution is 0.633. The van der Waals surface area contributed by atoms with Crippen molar-refractivity contribution in [2.75, 3.05) is 11.1 Å². The summed E-state index contributed by atoms with van der Waals surface area (Å²) in [7, 11) is 0. The molecule has 0 heterocycles. The number of para-hydroxylation sites is 2. The van der Waals surface area contributed by atoms with Gasteiger partial charge in [-0.05, 0) is 40.2 Å². The van der Waals surface area contributed by atoms with Crippen molar-refractivity contribution in [1.82, 2.24) is 0 Å². The van der Waals surface area contributed by atoms with Crippen LogP contribution in [0.5, 0.6) is 0 Å². The van der Waals surface area contributed by atoms with Gasteiger partial charge in [-0.1, -0.05) is 18.2 Å². The van der Waals surface area contributed by atoms with Crippen LogP contribution >= 0.6 is 15.9 Å². The molecule has 16 heavy (non-hydrogen) atoms. The van der Waals surface area contributed by atoms with Crippen LogP contribution in [0.25, 0.3) is 0 Å². The summed E-state index contributed by atoms with van der Waals surface area (Å²) in [5.41, 5.74) is 7.16. The van der Waals surface area contributed by atoms with Crippen molar-refractivity contribution in [3.05, 3.63) is 52.8 Å². The van der Waals surface area contributed by atoms with E-state index in [4.69, 9.17) is 5.73 Å². The van der Waals surface area contributed by atoms with E-state index in [2.05, 4.69) is 21.2 Å². The molecule has 0 aliphatic carbocycles. The highest BCUT2D eigenvalue weighted by Gasteiger charge is 2.05. The highest BCUT2D eigenvalue weighted by Crippen LogP contribution is 2.29. The van der Waals surface area contributed by atoms with Gasteiger partial charge in [0.25, 0.3) is 0 Å². The molecule has 0 aromatic heterocycles. The predicted octanol–water partition coefficient (Wildman–Crippen LogP) is 3.91. The monoisotopic (exact) mass is 280 g/mol. The van der Waals surface area contributed by atoms with Crippen molar-refractivity contribution < 1.29 is 4.39 Å². The zero-order valence-electron chi connectivity index (χ0n) is 8.37. The first-order valence-corrected chi connectivity index (χ1v) is 5.53. The average Bonchev–Trinajstić information content (AvgIpc) is 2.28. The molecule has 3 N–H and O–H groups in total. The van der Waals surface area contributed by atoms with Crippen LogP contribution in [-0.2, 0) is 0 Å². The largest absolute Gasteiger partial charge is 0.395 e. The Hall–Kier alpha value is -1.55. The highest BCUT2D eigenvalue weighted by atomic mass is 79.9. The lowest BCUT2D eigenvalue weighted by Gasteiger charge is -2.10. The smallest absolute Gasteiger partial charge is 0.148 e. The van der Waals surface area contributed by atoms with Crippen molar-refractivity contribution in [2.45, 2.75) is 0 Å². The number of anilines is 3. The second kappa shape index (κ2) is 4.53. The lowest BCUT2D eigenvalue weighted by Crippen LogP contribution is -1.99. The van der Waals surface area contributed by atoms with E-state index in [-0.39, 0.29) is 5.69 Å². The fraction of sp³-hybridized carbons (Fsp3) is 0. The van der Waals surface area contributed by atoms with Gasteiger partial charge in [-0.2, -0.15) is 0 Å². The molecule has 0 aliphatic rings. The molecular formula is C12H10BrFN2. The highest BCUT2D eigenvalue weighted by molar-refractivity contribution is 9.10. The summed E-state index contributed by atoms with van der Waals surface area (Å²) in [6.45, 7) is 0. The van der Waals surface area contributed by atoms with Gasteiger partial charge in [0.2, 0.25) is 0 Å². The van der Waals surface area contributed by atoms with Gasteiger partial charge in [0, 0.05) is 4.47 Å². The third-order valence-electron chi connectivity index (χ3n) is 2.20. The first-order chi connectivity index (χ1) is 7.68. The standard InChI is InChI=1S/C12H10BrFN2/c13-8-4-1-2-6-10(8)16-11-7-3-5-9(14)12(11)15/h1-7,16H,15H2. The Balaban J connectivity index is 2.35. The van der Waals surface area contributed by atoms with Crippen molar-refractivity contribution in [3.63, 3.8) is 0 Å². The fourth-order valence-corrected chi connectivity index (χ4v) is 1.74. The van der Waals surface area contributed by atoms with Crippen molar-refractivity contribution in [3.8, 4) is 0 Å². The van der Waals surface area contributed by atoms with E-state index in [1.54, 1.807) is 12.1 Å². The quantitative estimate of drug-likeness (QED) is 0.819. The molecule has 2 aromatic rings. The van der Waals surface area contributed by atoms with Crippen LogP contribution in [0.4, 0.5) is 21.5 Å². The Labute approximate surface area is 101 Å². The number of nitrogens with one attached hydrogen (secondary N) is 1. The molecule has 0 saturated heterocycles. The van der Waals surface area contributed by atoms with Gasteiger partial charge < -0.3 is 11.1 Å². The average molecular weight is 281 g/mol. The summed E-state index contributed by atoms with van der Waals surface area (Å²) >= 11 is 3.40. The zero-order chi connectivity index (χ0) is 11.5. The first-order valence-electron chi connectivity index (χ1n) is 4.74. The number of benzene rings is 2. The molecule has 4 heteroatoms. The summed E-state index contributed by atoms with van der Waals surface area (Å²) in [6, 6.07) is 12.3. The Kier molecular flexibility index (Phi) is 3.10. The zero-order valence-corrected chi connectivity index (χ0v) is 9.96. The first kappa shape index (κ1) is 11.0. The van der Waals surface area contributed by atoms with Crippen molar-refractivity contribution >= 4 is 33.0 Å². The van der Waals surface area contributed by atoms with Crippen LogP contribution in [0.2, 0.25) is 0 Å². The van der Waals surface area contributed by atoms with E-state index in [1.165, 1.54) is 6.07 Å². The van der Waals surface area contributed by atoms with E-state index in [0.717, 1.165) is 10.2 Å². The number of nitrogen functional groups attached to an aromatic ring is 1. The Morgan fingerprint density at radius 2 is 1.69 bits per heavy atom. The molecule has 0 atom stereocenters. The molecule has 2 rings (SSSR count). The molecule has 0 aliphatic heterocycles. The van der Waals surface area contributed by atoms with E-state index in [9.17, 15) is 4.39 Å². The summed E-state index contributed by atoms with van der Waals surface area (Å²) in [5, 5.41) is 3.07. The molecule has 2 aromatic carbocycles. The third-order valence-corrected chi connectivity index (χ3v) is 2.89. The Morgan fingerprint density at radius 1 is 1.00 bits per heavy atom. The SMILES string of the molecule is Nc1c(F)cccc1Nc1ccccc1Br. The second-order valence-corrected chi connectivity index (χ2v) is 4.16. The Bertz CT molecular complexity index is 514. The minimum absolute atomic E-state index is 0.123. The minimum atomic E-state index is -0.419. The van der Waals surface area contributed by atoms with E-state index >= 15 is 0 Å². The van der Waals surface area contributed by atoms with Gasteiger partial charge in [-0.25, -0.2) is 4.39 Å². The van der Waals surface area contributed by atoms with Crippen molar-refractivity contribution in [1.29, 1.82) is 0 Å². The molecule has 0 fully saturated rings. The van der Waals surface area contributed by atoms with Crippen LogP contribution < -0.4 is 11.1 Å². The van der Waals surface area contributed by atoms with E-state index in [0.29, 0.717) is 5.69 Å². The molecule has 0 unspecified atom stereocenters. The number of hydrogen-bond donors (Lipinski definition) is 2. The molecule has 2 nitrogen and oxygen atoms in total. The fourth-order valence-electron chi connectivity index (χ4n) is 1.35. The number of nitrogens with two attached hydrogens (primary N) is 1. The second-order valence-electron chi connectivity index (χ2n) is 3.31. The summed E-state index contributed by atoms with van der Waals surface area (Å²) in [6.07, 6.45) is 0. The maximum atomic E-state index is 13.2. The summed E-state index contributed by atoms with van der Waals surface area (Å²) in [4.78, 5) is 0. The van der Waals surface area contributed by atoms with Crippen LogP contribution in [0, 0.1) is 5.82 Å². The molecule has 0 radical (unpaired) electrons. The van der Waals surface area contributed by atoms with Crippen LogP contribution in [0.1, 0.15) is 0 Å². The van der Waals surface area contributed by atoms with Crippen LogP contribution in [-0.4, -0.2) is 0 Å². The molecule has 0 amide bonds. The molecule has 0 bridgehead atoms. The number of hydrogen-bond acceptors (Lipinski definition) is 2. The Morgan fingerprint density at radius 3 is 2.44 bits per heavy atom. The van der Waals surface area contributed by atoms with Gasteiger partial charge in [0.05, 0.1) is 17.1 Å². The van der Waals surface area contributed by atoms with E-state index < -0.39 is 5.82 Å². The number of rotatable bonds is 2. The third kappa shape index (κ3) is 2.17. The molecule has 82 valence electrons. The van der Waals surface area contributed by atoms with Gasteiger partial charge in [0.1, 0.15) is 5.82 Å².